The van der Waals surface area contributed by atoms with Gasteiger partial charge >= 0.3 is 5.97 Å². The predicted molar refractivity (Wildman–Crippen MR) is 117 cm³/mol. The molecule has 1 fully saturated rings. The lowest BCUT2D eigenvalue weighted by Crippen LogP contribution is -2.43. The number of ether oxygens (including phenoxy) is 1. The quantitative estimate of drug-likeness (QED) is 0.450. The van der Waals surface area contributed by atoms with Crippen LogP contribution in [0.1, 0.15) is 58.9 Å². The molecule has 2 rings (SSSR count). The van der Waals surface area contributed by atoms with Crippen molar-refractivity contribution < 1.29 is 18.3 Å². The van der Waals surface area contributed by atoms with Gasteiger partial charge in [-0.15, -0.1) is 0 Å². The van der Waals surface area contributed by atoms with E-state index < -0.39 is 22.1 Å². The van der Waals surface area contributed by atoms with Crippen LogP contribution in [0.4, 0.5) is 0 Å². The van der Waals surface area contributed by atoms with Crippen LogP contribution in [0.15, 0.2) is 29.8 Å². The molecule has 3 unspecified atom stereocenters. The van der Waals surface area contributed by atoms with E-state index in [1.807, 2.05) is 56.9 Å². The number of nitrogens with zero attached hydrogens (tertiary/aromatic N) is 1. The van der Waals surface area contributed by atoms with Crippen LogP contribution in [0.3, 0.4) is 0 Å². The van der Waals surface area contributed by atoms with E-state index in [-0.39, 0.29) is 18.3 Å². The Morgan fingerprint density at radius 1 is 1.28 bits per heavy atom. The molecule has 1 aromatic carbocycles. The number of rotatable bonds is 7. The minimum Gasteiger partial charge on any atom is -0.771 e. The fourth-order valence-electron chi connectivity index (χ4n) is 3.48. The molecular weight excluding hydrogens is 410 g/mol. The second-order valence-electron chi connectivity index (χ2n) is 8.74. The van der Waals surface area contributed by atoms with Gasteiger partial charge in [0.1, 0.15) is 5.60 Å². The third kappa shape index (κ3) is 8.59. The Kier molecular flexibility index (Phi) is 8.89. The number of likely N-dealkylation sites (tertiary alicyclic amines) is 1. The molecule has 0 amide bonds. The molecule has 0 spiro atoms. The molecular formula is C22H31ClNO4S-. The maximum Gasteiger partial charge on any atom is 0.306 e. The first-order valence-corrected chi connectivity index (χ1v) is 11.5. The van der Waals surface area contributed by atoms with Crippen molar-refractivity contribution >= 4 is 34.7 Å². The second kappa shape index (κ2) is 10.7. The van der Waals surface area contributed by atoms with Crippen molar-refractivity contribution in [3.05, 3.63) is 40.4 Å². The lowest BCUT2D eigenvalue weighted by atomic mass is 9.99. The summed E-state index contributed by atoms with van der Waals surface area (Å²) in [6, 6.07) is 7.70. The van der Waals surface area contributed by atoms with E-state index in [0.29, 0.717) is 24.5 Å². The van der Waals surface area contributed by atoms with Crippen molar-refractivity contribution in [2.24, 2.45) is 5.92 Å². The summed E-state index contributed by atoms with van der Waals surface area (Å²) in [5.41, 5.74) is 1.88. The molecule has 0 aliphatic carbocycles. The van der Waals surface area contributed by atoms with E-state index in [0.717, 1.165) is 18.4 Å². The number of hydrogen-bond acceptors (Lipinski definition) is 5. The van der Waals surface area contributed by atoms with E-state index in [2.05, 4.69) is 6.08 Å². The maximum atomic E-state index is 12.0. The van der Waals surface area contributed by atoms with Gasteiger partial charge in [0.05, 0.1) is 5.37 Å². The summed E-state index contributed by atoms with van der Waals surface area (Å²) >= 11 is 3.71. The molecule has 5 nitrogen and oxygen atoms in total. The lowest BCUT2D eigenvalue weighted by molar-refractivity contribution is -0.155. The highest BCUT2D eigenvalue weighted by Crippen LogP contribution is 2.26. The van der Waals surface area contributed by atoms with Crippen molar-refractivity contribution in [3.8, 4) is 0 Å². The number of piperidine rings is 1. The molecule has 1 aliphatic rings. The summed E-state index contributed by atoms with van der Waals surface area (Å²) in [5.74, 6) is -0.356. The molecule has 0 radical (unpaired) electrons. The van der Waals surface area contributed by atoms with Crippen LogP contribution in [0, 0.1) is 5.92 Å². The molecule has 162 valence electrons. The average Bonchev–Trinajstić information content (AvgIpc) is 2.60. The molecule has 7 heteroatoms. The summed E-state index contributed by atoms with van der Waals surface area (Å²) < 4.78 is 29.1. The van der Waals surface area contributed by atoms with E-state index in [4.69, 9.17) is 16.3 Å². The first-order chi connectivity index (χ1) is 13.5. The van der Waals surface area contributed by atoms with Crippen LogP contribution in [0.5, 0.6) is 0 Å². The molecule has 1 saturated heterocycles. The van der Waals surface area contributed by atoms with E-state index in [9.17, 15) is 13.6 Å². The van der Waals surface area contributed by atoms with Gasteiger partial charge in [-0.3, -0.25) is 13.9 Å². The minimum atomic E-state index is -2.22. The van der Waals surface area contributed by atoms with Crippen molar-refractivity contribution in [2.45, 2.75) is 64.4 Å². The Morgan fingerprint density at radius 3 is 2.38 bits per heavy atom. The van der Waals surface area contributed by atoms with Gasteiger partial charge in [0.25, 0.3) is 0 Å². The summed E-state index contributed by atoms with van der Waals surface area (Å²) in [5, 5.41) is 0.132. The minimum absolute atomic E-state index is 0.0706. The Hall–Kier alpha value is -1.21. The molecule has 1 aliphatic heterocycles. The van der Waals surface area contributed by atoms with E-state index >= 15 is 0 Å². The molecule has 0 N–H and O–H groups in total. The number of benzene rings is 1. The Morgan fingerprint density at radius 2 is 1.86 bits per heavy atom. The van der Waals surface area contributed by atoms with Gasteiger partial charge in [0.2, 0.25) is 0 Å². The predicted octanol–water partition coefficient (Wildman–Crippen LogP) is 4.78. The van der Waals surface area contributed by atoms with Crippen molar-refractivity contribution in [1.82, 2.24) is 4.90 Å². The van der Waals surface area contributed by atoms with Crippen LogP contribution in [-0.2, 0) is 20.6 Å². The smallest absolute Gasteiger partial charge is 0.306 e. The monoisotopic (exact) mass is 440 g/mol. The normalized spacial score (nSPS) is 18.8. The molecule has 1 aromatic rings. The zero-order chi connectivity index (χ0) is 21.6. The van der Waals surface area contributed by atoms with Crippen molar-refractivity contribution in [3.63, 3.8) is 0 Å². The number of halogens is 1. The number of carbonyl (C=O) groups is 1. The summed E-state index contributed by atoms with van der Waals surface area (Å²) in [7, 11) is 0. The average molecular weight is 441 g/mol. The molecule has 0 saturated carbocycles. The Labute approximate surface area is 181 Å². The molecule has 29 heavy (non-hydrogen) atoms. The SMILES string of the molecule is CC(CC(=O)OC(C)(C)C)CC(N1CCC(=Cc2ccc(Cl)cc2)CC1)S(=O)[O-]. The van der Waals surface area contributed by atoms with Gasteiger partial charge in [0.15, 0.2) is 0 Å². The highest BCUT2D eigenvalue weighted by Gasteiger charge is 2.26. The standard InChI is InChI=1S/C22H32ClNO4S/c1-16(14-21(25)28-22(2,3)4)13-20(29(26)27)24-11-9-18(10-12-24)15-17-5-7-19(23)8-6-17/h5-8,15-16,20H,9-14H2,1-4H3,(H,26,27)/p-1. The highest BCUT2D eigenvalue weighted by molar-refractivity contribution is 7.79. The highest BCUT2D eigenvalue weighted by atomic mass is 35.5. The van der Waals surface area contributed by atoms with E-state index in [1.165, 1.54) is 5.57 Å². The van der Waals surface area contributed by atoms with Crippen LogP contribution < -0.4 is 0 Å². The topological polar surface area (TPSA) is 69.7 Å². The number of esters is 1. The number of carbonyl (C=O) groups excluding carboxylic acids is 1. The van der Waals surface area contributed by atoms with Gasteiger partial charge in [-0.1, -0.05) is 42.3 Å². The fourth-order valence-corrected chi connectivity index (χ4v) is 4.55. The van der Waals surface area contributed by atoms with Crippen molar-refractivity contribution in [1.29, 1.82) is 0 Å². The van der Waals surface area contributed by atoms with Gasteiger partial charge in [-0.05, 0) is 74.7 Å². The van der Waals surface area contributed by atoms with E-state index in [1.54, 1.807) is 0 Å². The first-order valence-electron chi connectivity index (χ1n) is 10.0. The second-order valence-corrected chi connectivity index (χ2v) is 10.2. The molecule has 0 aromatic heterocycles. The van der Waals surface area contributed by atoms with Gasteiger partial charge in [-0.25, -0.2) is 0 Å². The zero-order valence-corrected chi connectivity index (χ0v) is 19.2. The number of hydrogen-bond donors (Lipinski definition) is 0. The fraction of sp³-hybridized carbons (Fsp3) is 0.591. The molecule has 0 bridgehead atoms. The Bertz CT molecular complexity index is 732. The molecule has 1 heterocycles. The summed E-state index contributed by atoms with van der Waals surface area (Å²) in [6.07, 6.45) is 4.46. The first kappa shape index (κ1) is 24.1. The van der Waals surface area contributed by atoms with Crippen LogP contribution >= 0.6 is 11.6 Å². The third-order valence-corrected chi connectivity index (χ3v) is 6.04. The lowest BCUT2D eigenvalue weighted by Gasteiger charge is -2.37. The summed E-state index contributed by atoms with van der Waals surface area (Å²) in [6.45, 7) is 8.77. The zero-order valence-electron chi connectivity index (χ0n) is 17.7. The van der Waals surface area contributed by atoms with Gasteiger partial charge in [-0.2, -0.15) is 0 Å². The van der Waals surface area contributed by atoms with Gasteiger partial charge < -0.3 is 9.29 Å². The Balaban J connectivity index is 1.91. The van der Waals surface area contributed by atoms with Gasteiger partial charge in [0, 0.05) is 24.5 Å². The van der Waals surface area contributed by atoms with Crippen molar-refractivity contribution in [2.75, 3.05) is 13.1 Å². The van der Waals surface area contributed by atoms with Crippen LogP contribution in [0.2, 0.25) is 5.02 Å². The maximum absolute atomic E-state index is 12.0. The summed E-state index contributed by atoms with van der Waals surface area (Å²) in [4.78, 5) is 14.0. The van der Waals surface area contributed by atoms with Crippen LogP contribution in [0.25, 0.3) is 6.08 Å². The molecule has 3 atom stereocenters. The van der Waals surface area contributed by atoms with Crippen LogP contribution in [-0.4, -0.2) is 43.7 Å². The third-order valence-electron chi connectivity index (χ3n) is 4.85. The largest absolute Gasteiger partial charge is 0.771 e.